The molecule has 8 heavy (non-hydrogen) atoms. The number of rotatable bonds is 0. The summed E-state index contributed by atoms with van der Waals surface area (Å²) >= 11 is 0. The quantitative estimate of drug-likeness (QED) is 0.295. The van der Waals surface area contributed by atoms with Crippen LogP contribution in [0.5, 0.6) is 0 Å². The molecule has 0 aliphatic rings. The first kappa shape index (κ1) is 15.9. The number of aliphatic carboxylic acids is 2. The maximum absolute atomic E-state index is 9.10. The molecule has 0 rings (SSSR count). The summed E-state index contributed by atoms with van der Waals surface area (Å²) in [5, 5.41) is 14.8. The van der Waals surface area contributed by atoms with Gasteiger partial charge in [-0.3, -0.25) is 0 Å². The third-order valence-corrected chi connectivity index (χ3v) is 0.183. The monoisotopic (exact) mass is 162 g/mol. The van der Waals surface area contributed by atoms with Crippen LogP contribution in [0.4, 0.5) is 0 Å². The van der Waals surface area contributed by atoms with Crippen molar-refractivity contribution in [2.45, 2.75) is 0 Å². The second kappa shape index (κ2) is 7.73. The predicted molar refractivity (Wildman–Crippen MR) is 33.8 cm³/mol. The van der Waals surface area contributed by atoms with Crippen molar-refractivity contribution in [1.82, 2.24) is 0 Å². The van der Waals surface area contributed by atoms with E-state index in [0.717, 1.165) is 0 Å². The third kappa shape index (κ3) is 9.88. The molecule has 0 amide bonds. The summed E-state index contributed by atoms with van der Waals surface area (Å²) < 4.78 is 0. The molecule has 0 radical (unpaired) electrons. The van der Waals surface area contributed by atoms with Crippen LogP contribution in [0.15, 0.2) is 0 Å². The van der Waals surface area contributed by atoms with Crippen LogP contribution in [0.3, 0.4) is 0 Å². The van der Waals surface area contributed by atoms with Gasteiger partial charge in [0.25, 0.3) is 0 Å². The van der Waals surface area contributed by atoms with Crippen LogP contribution in [0.2, 0.25) is 0 Å². The van der Waals surface area contributed by atoms with E-state index < -0.39 is 11.9 Å². The van der Waals surface area contributed by atoms with E-state index in [9.17, 15) is 0 Å². The normalized spacial score (nSPS) is 5.50. The molecular formula is C2H7AlCaO4. The Balaban J connectivity index is -0.000000125. The van der Waals surface area contributed by atoms with Crippen molar-refractivity contribution in [3.63, 3.8) is 0 Å². The summed E-state index contributed by atoms with van der Waals surface area (Å²) in [6, 6.07) is 0. The molecule has 0 aliphatic carbocycles. The van der Waals surface area contributed by atoms with E-state index in [1.54, 1.807) is 0 Å². The first-order valence-corrected chi connectivity index (χ1v) is 1.11. The van der Waals surface area contributed by atoms with E-state index >= 15 is 0 Å². The molecular weight excluding hydrogens is 155 g/mol. The van der Waals surface area contributed by atoms with Gasteiger partial charge in [0, 0.05) is 0 Å². The zero-order valence-electron chi connectivity index (χ0n) is 2.71. The fourth-order valence-electron chi connectivity index (χ4n) is 0. The van der Waals surface area contributed by atoms with E-state index in [1.807, 2.05) is 0 Å². The number of carboxylic acids is 2. The topological polar surface area (TPSA) is 74.6 Å². The van der Waals surface area contributed by atoms with Crippen LogP contribution in [-0.4, -0.2) is 77.3 Å². The van der Waals surface area contributed by atoms with Crippen LogP contribution in [0, 0.1) is 0 Å². The molecule has 0 saturated carbocycles. The van der Waals surface area contributed by atoms with E-state index in [1.165, 1.54) is 0 Å². The van der Waals surface area contributed by atoms with Gasteiger partial charge in [-0.1, -0.05) is 0 Å². The first-order chi connectivity index (χ1) is 2.64. The zero-order chi connectivity index (χ0) is 5.15. The number of carbonyl (C=O) groups is 2. The van der Waals surface area contributed by atoms with Crippen LogP contribution in [0.25, 0.3) is 0 Å². The molecule has 0 saturated heterocycles. The van der Waals surface area contributed by atoms with E-state index in [-0.39, 0.29) is 55.1 Å². The maximum atomic E-state index is 9.10. The standard InChI is InChI=1S/C2H2O4.Al.Ca.5H/c3-1(4)2(5)6;;;;;;;/h(H,3,4)(H,5,6);;;;;;;. The van der Waals surface area contributed by atoms with Gasteiger partial charge >= 0.3 is 49.7 Å². The molecule has 0 spiro atoms. The molecule has 0 fully saturated rings. The van der Waals surface area contributed by atoms with Crippen LogP contribution in [-0.2, 0) is 9.59 Å². The van der Waals surface area contributed by atoms with E-state index in [0.29, 0.717) is 0 Å². The van der Waals surface area contributed by atoms with Gasteiger partial charge in [0.15, 0.2) is 17.4 Å². The Morgan fingerprint density at radius 3 is 1.12 bits per heavy atom. The molecule has 0 aliphatic heterocycles. The third-order valence-electron chi connectivity index (χ3n) is 0.183. The second-order valence-electron chi connectivity index (χ2n) is 0.610. The second-order valence-corrected chi connectivity index (χ2v) is 0.610. The molecule has 2 N–H and O–H groups in total. The fraction of sp³-hybridized carbons (Fsp3) is 0. The molecule has 0 bridgehead atoms. The molecule has 0 unspecified atom stereocenters. The summed E-state index contributed by atoms with van der Waals surface area (Å²) in [6.07, 6.45) is 0. The van der Waals surface area contributed by atoms with Crippen molar-refractivity contribution < 1.29 is 19.8 Å². The Labute approximate surface area is 86.0 Å². The summed E-state index contributed by atoms with van der Waals surface area (Å²) in [7, 11) is 0. The zero-order valence-corrected chi connectivity index (χ0v) is 2.71. The molecule has 0 heterocycles. The Hall–Kier alpha value is 0.732. The van der Waals surface area contributed by atoms with Gasteiger partial charge in [-0.05, 0) is 0 Å². The van der Waals surface area contributed by atoms with Crippen molar-refractivity contribution in [2.24, 2.45) is 0 Å². The molecule has 6 heteroatoms. The van der Waals surface area contributed by atoms with Crippen molar-refractivity contribution >= 4 is 67.0 Å². The molecule has 0 aromatic heterocycles. The molecule has 0 aromatic rings. The number of carboxylic acid groups (broad SMARTS) is 2. The fourth-order valence-corrected chi connectivity index (χ4v) is 0. The Morgan fingerprint density at radius 2 is 1.12 bits per heavy atom. The Morgan fingerprint density at radius 1 is 1.00 bits per heavy atom. The first-order valence-electron chi connectivity index (χ1n) is 1.11. The summed E-state index contributed by atoms with van der Waals surface area (Å²) in [4.78, 5) is 18.2. The van der Waals surface area contributed by atoms with Crippen LogP contribution in [0.1, 0.15) is 0 Å². The van der Waals surface area contributed by atoms with E-state index in [4.69, 9.17) is 19.8 Å². The van der Waals surface area contributed by atoms with Crippen molar-refractivity contribution in [1.29, 1.82) is 0 Å². The number of hydrogen-bond donors (Lipinski definition) is 2. The van der Waals surface area contributed by atoms with E-state index in [2.05, 4.69) is 0 Å². The number of hydrogen-bond acceptors (Lipinski definition) is 2. The Bertz CT molecular complexity index is 80.0. The van der Waals surface area contributed by atoms with Crippen molar-refractivity contribution in [3.8, 4) is 0 Å². The molecule has 0 aromatic carbocycles. The van der Waals surface area contributed by atoms with Gasteiger partial charge in [-0.2, -0.15) is 0 Å². The van der Waals surface area contributed by atoms with Gasteiger partial charge < -0.3 is 10.2 Å². The van der Waals surface area contributed by atoms with Gasteiger partial charge in [-0.15, -0.1) is 0 Å². The average molecular weight is 162 g/mol. The summed E-state index contributed by atoms with van der Waals surface area (Å²) in [5.41, 5.74) is 0. The van der Waals surface area contributed by atoms with Gasteiger partial charge in [-0.25, -0.2) is 9.59 Å². The minimum atomic E-state index is -1.82. The molecule has 4 nitrogen and oxygen atoms in total. The average Bonchev–Trinajstić information content (AvgIpc) is 1.36. The molecule has 0 atom stereocenters. The van der Waals surface area contributed by atoms with Gasteiger partial charge in [0.2, 0.25) is 0 Å². The summed E-state index contributed by atoms with van der Waals surface area (Å²) in [5.74, 6) is -3.65. The minimum absolute atomic E-state index is 0. The van der Waals surface area contributed by atoms with Crippen LogP contribution >= 0.6 is 0 Å². The van der Waals surface area contributed by atoms with Crippen molar-refractivity contribution in [2.75, 3.05) is 0 Å². The summed E-state index contributed by atoms with van der Waals surface area (Å²) in [6.45, 7) is 0. The predicted octanol–water partition coefficient (Wildman–Crippen LogP) is -2.94. The van der Waals surface area contributed by atoms with Gasteiger partial charge in [0.05, 0.1) is 0 Å². The molecule has 44 valence electrons. The SMILES string of the molecule is O=C(O)C(=O)O.[AlH3].[CaH2]. The van der Waals surface area contributed by atoms with Crippen molar-refractivity contribution in [3.05, 3.63) is 0 Å². The Kier molecular flexibility index (Phi) is 15.4. The van der Waals surface area contributed by atoms with Gasteiger partial charge in [0.1, 0.15) is 0 Å². The van der Waals surface area contributed by atoms with Crippen LogP contribution < -0.4 is 0 Å².